The molecule has 6 nitrogen and oxygen atoms in total. The Morgan fingerprint density at radius 2 is 1.81 bits per heavy atom. The fourth-order valence-electron chi connectivity index (χ4n) is 2.05. The van der Waals surface area contributed by atoms with Gasteiger partial charge in [0.25, 0.3) is 5.91 Å². The van der Waals surface area contributed by atoms with Crippen LogP contribution in [0.2, 0.25) is 0 Å². The molecule has 9 heteroatoms. The molecule has 2 aromatic rings. The van der Waals surface area contributed by atoms with E-state index in [1.54, 1.807) is 0 Å². The SMILES string of the molecule is CCS(=O)(=O)c1ccccc1C(=O)OCC(=O)Nc1ccc(F)cc1F. The molecule has 0 bridgehead atoms. The van der Waals surface area contributed by atoms with Crippen LogP contribution in [0.1, 0.15) is 17.3 Å². The number of esters is 1. The first-order valence-electron chi connectivity index (χ1n) is 7.48. The molecule has 0 saturated heterocycles. The molecule has 1 N–H and O–H groups in total. The van der Waals surface area contributed by atoms with Gasteiger partial charge in [-0.1, -0.05) is 19.1 Å². The summed E-state index contributed by atoms with van der Waals surface area (Å²) in [5.74, 6) is -3.86. The highest BCUT2D eigenvalue weighted by atomic mass is 32.2. The van der Waals surface area contributed by atoms with Crippen LogP contribution in [-0.4, -0.2) is 32.7 Å². The monoisotopic (exact) mass is 383 g/mol. The van der Waals surface area contributed by atoms with Gasteiger partial charge in [0, 0.05) is 6.07 Å². The lowest BCUT2D eigenvalue weighted by atomic mass is 10.2. The van der Waals surface area contributed by atoms with Gasteiger partial charge in [0.2, 0.25) is 0 Å². The Labute approximate surface area is 148 Å². The normalized spacial score (nSPS) is 11.0. The van der Waals surface area contributed by atoms with Crippen molar-refractivity contribution in [2.24, 2.45) is 0 Å². The van der Waals surface area contributed by atoms with Gasteiger partial charge < -0.3 is 10.1 Å². The van der Waals surface area contributed by atoms with Crippen LogP contribution in [0.15, 0.2) is 47.4 Å². The van der Waals surface area contributed by atoms with E-state index in [1.165, 1.54) is 31.2 Å². The number of amides is 1. The van der Waals surface area contributed by atoms with Crippen LogP contribution in [0, 0.1) is 11.6 Å². The van der Waals surface area contributed by atoms with Crippen LogP contribution in [0.25, 0.3) is 0 Å². The lowest BCUT2D eigenvalue weighted by molar-refractivity contribution is -0.119. The van der Waals surface area contributed by atoms with Crippen LogP contribution in [-0.2, 0) is 19.4 Å². The number of anilines is 1. The third kappa shape index (κ3) is 4.63. The summed E-state index contributed by atoms with van der Waals surface area (Å²) in [4.78, 5) is 23.7. The first-order chi connectivity index (χ1) is 12.2. The molecule has 0 spiro atoms. The van der Waals surface area contributed by atoms with Crippen molar-refractivity contribution in [2.45, 2.75) is 11.8 Å². The third-order valence-electron chi connectivity index (χ3n) is 3.36. The average molecular weight is 383 g/mol. The number of hydrogen-bond acceptors (Lipinski definition) is 5. The molecule has 0 aliphatic heterocycles. The second-order valence-corrected chi connectivity index (χ2v) is 7.39. The zero-order valence-corrected chi connectivity index (χ0v) is 14.5. The summed E-state index contributed by atoms with van der Waals surface area (Å²) in [6.45, 7) is 0.665. The van der Waals surface area contributed by atoms with E-state index in [4.69, 9.17) is 4.74 Å². The van der Waals surface area contributed by atoms with Crippen molar-refractivity contribution in [3.05, 3.63) is 59.7 Å². The number of sulfone groups is 1. The molecule has 2 rings (SSSR count). The summed E-state index contributed by atoms with van der Waals surface area (Å²) >= 11 is 0. The number of carbonyl (C=O) groups is 2. The van der Waals surface area contributed by atoms with Gasteiger partial charge in [0.05, 0.1) is 21.9 Å². The molecule has 0 heterocycles. The summed E-state index contributed by atoms with van der Waals surface area (Å²) in [5.41, 5.74) is -0.475. The number of carbonyl (C=O) groups excluding carboxylic acids is 2. The predicted octanol–water partition coefficient (Wildman–Crippen LogP) is 2.55. The van der Waals surface area contributed by atoms with Crippen LogP contribution >= 0.6 is 0 Å². The Morgan fingerprint density at radius 1 is 1.12 bits per heavy atom. The molecule has 2 aromatic carbocycles. The van der Waals surface area contributed by atoms with Crippen LogP contribution in [0.3, 0.4) is 0 Å². The zero-order chi connectivity index (χ0) is 19.3. The molecule has 0 atom stereocenters. The highest BCUT2D eigenvalue weighted by Gasteiger charge is 2.22. The van der Waals surface area contributed by atoms with Crippen molar-refractivity contribution in [1.29, 1.82) is 0 Å². The van der Waals surface area contributed by atoms with Crippen LogP contribution < -0.4 is 5.32 Å². The number of benzene rings is 2. The Bertz CT molecular complexity index is 944. The lowest BCUT2D eigenvalue weighted by Gasteiger charge is -2.10. The predicted molar refractivity (Wildman–Crippen MR) is 89.4 cm³/mol. The minimum Gasteiger partial charge on any atom is -0.452 e. The van der Waals surface area contributed by atoms with E-state index < -0.39 is 40.0 Å². The van der Waals surface area contributed by atoms with E-state index in [2.05, 4.69) is 5.32 Å². The first kappa shape index (κ1) is 19.5. The Hall–Kier alpha value is -2.81. The minimum atomic E-state index is -3.66. The van der Waals surface area contributed by atoms with Crippen LogP contribution in [0.5, 0.6) is 0 Å². The molecule has 0 aliphatic carbocycles. The Kier molecular flexibility index (Phi) is 6.04. The van der Waals surface area contributed by atoms with Gasteiger partial charge in [-0.3, -0.25) is 4.79 Å². The summed E-state index contributed by atoms with van der Waals surface area (Å²) in [6, 6.07) is 8.02. The molecule has 138 valence electrons. The largest absolute Gasteiger partial charge is 0.452 e. The van der Waals surface area contributed by atoms with Crippen molar-refractivity contribution >= 4 is 27.4 Å². The van der Waals surface area contributed by atoms with Crippen molar-refractivity contribution in [3.63, 3.8) is 0 Å². The summed E-state index contributed by atoms with van der Waals surface area (Å²) in [7, 11) is -3.66. The maximum Gasteiger partial charge on any atom is 0.339 e. The topological polar surface area (TPSA) is 89.5 Å². The highest BCUT2D eigenvalue weighted by Crippen LogP contribution is 2.18. The molecule has 0 aliphatic rings. The molecule has 0 aromatic heterocycles. The smallest absolute Gasteiger partial charge is 0.339 e. The minimum absolute atomic E-state index is 0.197. The van der Waals surface area contributed by atoms with Gasteiger partial charge in [-0.25, -0.2) is 22.0 Å². The molecule has 0 radical (unpaired) electrons. The fraction of sp³-hybridized carbons (Fsp3) is 0.176. The molecule has 1 amide bonds. The van der Waals surface area contributed by atoms with E-state index in [1.807, 2.05) is 0 Å². The van der Waals surface area contributed by atoms with Gasteiger partial charge in [0.1, 0.15) is 11.6 Å². The highest BCUT2D eigenvalue weighted by molar-refractivity contribution is 7.91. The number of hydrogen-bond donors (Lipinski definition) is 1. The van der Waals surface area contributed by atoms with Crippen molar-refractivity contribution in [1.82, 2.24) is 0 Å². The standard InChI is InChI=1S/C17H15F2NO5S/c1-2-26(23,24)15-6-4-3-5-12(15)17(22)25-10-16(21)20-14-8-7-11(18)9-13(14)19/h3-9H,2,10H2,1H3,(H,20,21). The summed E-state index contributed by atoms with van der Waals surface area (Å²) in [5, 5.41) is 2.12. The molecular formula is C17H15F2NO5S. The Balaban J connectivity index is 2.06. The van der Waals surface area contributed by atoms with Gasteiger partial charge in [-0.2, -0.15) is 0 Å². The van der Waals surface area contributed by atoms with Crippen LogP contribution in [0.4, 0.5) is 14.5 Å². The number of ether oxygens (including phenoxy) is 1. The van der Waals surface area contributed by atoms with Gasteiger partial charge in [0.15, 0.2) is 16.4 Å². The lowest BCUT2D eigenvalue weighted by Crippen LogP contribution is -2.22. The number of rotatable bonds is 6. The second-order valence-electron chi connectivity index (χ2n) is 5.15. The second kappa shape index (κ2) is 8.05. The molecule has 0 unspecified atom stereocenters. The number of nitrogens with one attached hydrogen (secondary N) is 1. The maximum atomic E-state index is 13.5. The summed E-state index contributed by atoms with van der Waals surface area (Å²) in [6.07, 6.45) is 0. The van der Waals surface area contributed by atoms with Gasteiger partial charge >= 0.3 is 5.97 Å². The van der Waals surface area contributed by atoms with E-state index in [0.29, 0.717) is 6.07 Å². The van der Waals surface area contributed by atoms with E-state index in [-0.39, 0.29) is 21.9 Å². The first-order valence-corrected chi connectivity index (χ1v) is 9.13. The van der Waals surface area contributed by atoms with E-state index in [9.17, 15) is 26.8 Å². The zero-order valence-electron chi connectivity index (χ0n) is 13.7. The molecule has 26 heavy (non-hydrogen) atoms. The third-order valence-corrected chi connectivity index (χ3v) is 5.15. The van der Waals surface area contributed by atoms with E-state index >= 15 is 0 Å². The maximum absolute atomic E-state index is 13.5. The Morgan fingerprint density at radius 3 is 2.46 bits per heavy atom. The van der Waals surface area contributed by atoms with Crippen molar-refractivity contribution < 1.29 is 31.5 Å². The molecule has 0 fully saturated rings. The quantitative estimate of drug-likeness (QED) is 0.775. The van der Waals surface area contributed by atoms with Crippen molar-refractivity contribution in [3.8, 4) is 0 Å². The fourth-order valence-corrected chi connectivity index (χ4v) is 3.13. The van der Waals surface area contributed by atoms with Crippen molar-refractivity contribution in [2.75, 3.05) is 17.7 Å². The van der Waals surface area contributed by atoms with Gasteiger partial charge in [-0.05, 0) is 24.3 Å². The molecule has 0 saturated carbocycles. The van der Waals surface area contributed by atoms with Gasteiger partial charge in [-0.15, -0.1) is 0 Å². The molecular weight excluding hydrogens is 368 g/mol. The average Bonchev–Trinajstić information content (AvgIpc) is 2.62. The summed E-state index contributed by atoms with van der Waals surface area (Å²) < 4.78 is 55.1. The number of halogens is 2. The van der Waals surface area contributed by atoms with E-state index in [0.717, 1.165) is 12.1 Å².